The lowest BCUT2D eigenvalue weighted by molar-refractivity contribution is -0.136. The summed E-state index contributed by atoms with van der Waals surface area (Å²) in [6.45, 7) is 1.42. The van der Waals surface area contributed by atoms with Crippen LogP contribution >= 0.6 is 0 Å². The summed E-state index contributed by atoms with van der Waals surface area (Å²) in [6, 6.07) is 14.2. The summed E-state index contributed by atoms with van der Waals surface area (Å²) in [5.41, 5.74) is 0.969. The molecular formula is C25H21F2N3O3. The lowest BCUT2D eigenvalue weighted by atomic mass is 10.1. The molecule has 1 saturated heterocycles. The molecule has 2 heterocycles. The van der Waals surface area contributed by atoms with E-state index in [1.165, 1.54) is 18.2 Å². The Morgan fingerprint density at radius 1 is 1.03 bits per heavy atom. The highest BCUT2D eigenvalue weighted by molar-refractivity contribution is 5.70. The van der Waals surface area contributed by atoms with Crippen molar-refractivity contribution in [3.8, 4) is 17.6 Å². The third kappa shape index (κ3) is 5.83. The van der Waals surface area contributed by atoms with Gasteiger partial charge in [0.25, 0.3) is 0 Å². The van der Waals surface area contributed by atoms with Crippen LogP contribution in [0, 0.1) is 23.5 Å². The predicted octanol–water partition coefficient (Wildman–Crippen LogP) is 3.83. The van der Waals surface area contributed by atoms with Gasteiger partial charge in [-0.15, -0.1) is 10.2 Å². The zero-order valence-electron chi connectivity index (χ0n) is 17.7. The second kappa shape index (κ2) is 10.1. The molecule has 0 amide bonds. The van der Waals surface area contributed by atoms with Gasteiger partial charge in [-0.3, -0.25) is 4.79 Å². The Labute approximate surface area is 189 Å². The molecule has 0 bridgehead atoms. The SMILES string of the molecule is O=C(O)Cc1ccc(C#Cc2ccc(N3CCC(Oc4ccccc4F)CC3)nn2)cc1F. The summed E-state index contributed by atoms with van der Waals surface area (Å²) in [4.78, 5) is 12.8. The third-order valence-corrected chi connectivity index (χ3v) is 5.28. The van der Waals surface area contributed by atoms with Crippen LogP contribution in [0.1, 0.15) is 29.7 Å². The lowest BCUT2D eigenvalue weighted by Crippen LogP contribution is -2.38. The highest BCUT2D eigenvalue weighted by Crippen LogP contribution is 2.23. The van der Waals surface area contributed by atoms with E-state index in [2.05, 4.69) is 26.9 Å². The highest BCUT2D eigenvalue weighted by atomic mass is 19.1. The van der Waals surface area contributed by atoms with E-state index in [1.54, 1.807) is 30.3 Å². The largest absolute Gasteiger partial charge is 0.487 e. The molecule has 2 aromatic carbocycles. The number of aromatic nitrogens is 2. The second-order valence-electron chi connectivity index (χ2n) is 7.64. The van der Waals surface area contributed by atoms with Crippen LogP contribution in [0.5, 0.6) is 5.75 Å². The van der Waals surface area contributed by atoms with Gasteiger partial charge in [-0.2, -0.15) is 0 Å². The Balaban J connectivity index is 1.34. The normalized spacial score (nSPS) is 13.8. The Hall–Kier alpha value is -3.99. The number of carboxylic acids is 1. The molecule has 0 atom stereocenters. The number of nitrogens with zero attached hydrogens (tertiary/aromatic N) is 3. The number of para-hydroxylation sites is 1. The number of ether oxygens (including phenoxy) is 1. The quantitative estimate of drug-likeness (QED) is 0.597. The van der Waals surface area contributed by atoms with Gasteiger partial charge in [-0.1, -0.05) is 24.1 Å². The van der Waals surface area contributed by atoms with E-state index < -0.39 is 11.8 Å². The van der Waals surface area contributed by atoms with Crippen LogP contribution in [0.3, 0.4) is 0 Å². The van der Waals surface area contributed by atoms with E-state index in [0.29, 0.717) is 30.2 Å². The van der Waals surface area contributed by atoms with Gasteiger partial charge < -0.3 is 14.7 Å². The van der Waals surface area contributed by atoms with Crippen LogP contribution in [-0.2, 0) is 11.2 Å². The van der Waals surface area contributed by atoms with Crippen molar-refractivity contribution in [2.24, 2.45) is 0 Å². The minimum absolute atomic E-state index is 0.0569. The number of rotatable bonds is 5. The molecule has 3 aromatic rings. The summed E-state index contributed by atoms with van der Waals surface area (Å²) in [6.07, 6.45) is 1.04. The van der Waals surface area contributed by atoms with Crippen LogP contribution in [-0.4, -0.2) is 40.5 Å². The first-order chi connectivity index (χ1) is 16.0. The highest BCUT2D eigenvalue weighted by Gasteiger charge is 2.22. The van der Waals surface area contributed by atoms with Gasteiger partial charge in [-0.05, 0) is 47.9 Å². The van der Waals surface area contributed by atoms with E-state index >= 15 is 0 Å². The fourth-order valence-electron chi connectivity index (χ4n) is 3.55. The standard InChI is InChI=1S/C25H21F2N3O3/c26-21-3-1-2-4-23(21)33-20-11-13-30(14-12-20)24-10-9-19(28-29-24)8-6-17-5-7-18(16-25(31)32)22(27)15-17/h1-5,7,9-10,15,20H,11-14,16H2,(H,31,32). The molecule has 0 saturated carbocycles. The van der Waals surface area contributed by atoms with Gasteiger partial charge in [0.1, 0.15) is 17.6 Å². The summed E-state index contributed by atoms with van der Waals surface area (Å²) >= 11 is 0. The maximum atomic E-state index is 14.0. The molecule has 1 aromatic heterocycles. The second-order valence-corrected chi connectivity index (χ2v) is 7.64. The predicted molar refractivity (Wildman–Crippen MR) is 118 cm³/mol. The Bertz CT molecular complexity index is 1200. The number of carboxylic acid groups (broad SMARTS) is 1. The molecular weight excluding hydrogens is 428 g/mol. The fraction of sp³-hybridized carbons (Fsp3) is 0.240. The van der Waals surface area contributed by atoms with Gasteiger partial charge in [0.15, 0.2) is 17.4 Å². The van der Waals surface area contributed by atoms with E-state index in [4.69, 9.17) is 9.84 Å². The van der Waals surface area contributed by atoms with Crippen molar-refractivity contribution in [1.82, 2.24) is 10.2 Å². The lowest BCUT2D eigenvalue weighted by Gasteiger charge is -2.32. The van der Waals surface area contributed by atoms with Crippen molar-refractivity contribution in [3.63, 3.8) is 0 Å². The maximum absolute atomic E-state index is 14.0. The van der Waals surface area contributed by atoms with E-state index in [-0.39, 0.29) is 29.7 Å². The summed E-state index contributed by atoms with van der Waals surface area (Å²) in [5.74, 6) is 4.59. The monoisotopic (exact) mass is 449 g/mol. The first-order valence-electron chi connectivity index (χ1n) is 10.5. The number of anilines is 1. The van der Waals surface area contributed by atoms with Crippen molar-refractivity contribution in [2.75, 3.05) is 18.0 Å². The maximum Gasteiger partial charge on any atom is 0.307 e. The van der Waals surface area contributed by atoms with Crippen molar-refractivity contribution in [3.05, 3.63) is 83.1 Å². The average molecular weight is 449 g/mol. The molecule has 0 aliphatic carbocycles. The molecule has 1 aliphatic rings. The molecule has 33 heavy (non-hydrogen) atoms. The number of piperidine rings is 1. The molecule has 0 spiro atoms. The van der Waals surface area contributed by atoms with Crippen molar-refractivity contribution in [1.29, 1.82) is 0 Å². The van der Waals surface area contributed by atoms with Gasteiger partial charge >= 0.3 is 5.97 Å². The molecule has 168 valence electrons. The zero-order valence-corrected chi connectivity index (χ0v) is 17.7. The van der Waals surface area contributed by atoms with Crippen LogP contribution in [0.25, 0.3) is 0 Å². The van der Waals surface area contributed by atoms with Crippen LogP contribution < -0.4 is 9.64 Å². The van der Waals surface area contributed by atoms with Gasteiger partial charge in [0, 0.05) is 31.5 Å². The van der Waals surface area contributed by atoms with Gasteiger partial charge in [0.2, 0.25) is 0 Å². The molecule has 8 heteroatoms. The summed E-state index contributed by atoms with van der Waals surface area (Å²) < 4.78 is 33.5. The van der Waals surface area contributed by atoms with Crippen LogP contribution in [0.15, 0.2) is 54.6 Å². The molecule has 1 aliphatic heterocycles. The summed E-state index contributed by atoms with van der Waals surface area (Å²) in [7, 11) is 0. The Morgan fingerprint density at radius 2 is 1.82 bits per heavy atom. The Kier molecular flexibility index (Phi) is 6.79. The van der Waals surface area contributed by atoms with Gasteiger partial charge in [-0.25, -0.2) is 8.78 Å². The van der Waals surface area contributed by atoms with Crippen LogP contribution in [0.2, 0.25) is 0 Å². The molecule has 0 unspecified atom stereocenters. The smallest absolute Gasteiger partial charge is 0.307 e. The molecule has 1 fully saturated rings. The number of halogens is 2. The fourth-order valence-corrected chi connectivity index (χ4v) is 3.55. The first kappa shape index (κ1) is 22.2. The molecule has 0 radical (unpaired) electrons. The van der Waals surface area contributed by atoms with Crippen molar-refractivity contribution in [2.45, 2.75) is 25.4 Å². The Morgan fingerprint density at radius 3 is 2.48 bits per heavy atom. The molecule has 1 N–H and O–H groups in total. The van der Waals surface area contributed by atoms with E-state index in [0.717, 1.165) is 12.8 Å². The topological polar surface area (TPSA) is 75.5 Å². The summed E-state index contributed by atoms with van der Waals surface area (Å²) in [5, 5.41) is 17.1. The van der Waals surface area contributed by atoms with Crippen LogP contribution in [0.4, 0.5) is 14.6 Å². The van der Waals surface area contributed by atoms with Crippen molar-refractivity contribution < 1.29 is 23.4 Å². The molecule has 4 rings (SSSR count). The minimum Gasteiger partial charge on any atom is -0.487 e. The number of carbonyl (C=O) groups is 1. The third-order valence-electron chi connectivity index (χ3n) is 5.28. The number of hydrogen-bond acceptors (Lipinski definition) is 5. The van der Waals surface area contributed by atoms with E-state index in [1.807, 2.05) is 6.07 Å². The zero-order chi connectivity index (χ0) is 23.2. The molecule has 6 nitrogen and oxygen atoms in total. The number of benzene rings is 2. The first-order valence-corrected chi connectivity index (χ1v) is 10.5. The number of hydrogen-bond donors (Lipinski definition) is 1. The average Bonchev–Trinajstić information content (AvgIpc) is 2.81. The van der Waals surface area contributed by atoms with Gasteiger partial charge in [0.05, 0.1) is 6.42 Å². The minimum atomic E-state index is -1.09. The van der Waals surface area contributed by atoms with E-state index in [9.17, 15) is 13.6 Å². The van der Waals surface area contributed by atoms with Crippen molar-refractivity contribution >= 4 is 11.8 Å². The number of aliphatic carboxylic acids is 1.